The van der Waals surface area contributed by atoms with E-state index in [1.165, 1.54) is 24.0 Å². The minimum atomic E-state index is 0.292. The van der Waals surface area contributed by atoms with Gasteiger partial charge < -0.3 is 0 Å². The molecule has 0 heterocycles. The largest absolute Gasteiger partial charge is 0.299 e. The first-order valence-corrected chi connectivity index (χ1v) is 5.39. The molecule has 0 radical (unpaired) electrons. The van der Waals surface area contributed by atoms with Crippen LogP contribution in [0, 0.1) is 0 Å². The molecule has 0 aromatic heterocycles. The first-order chi connectivity index (χ1) is 7.13. The smallest absolute Gasteiger partial charge is 0.142 e. The van der Waals surface area contributed by atoms with Crippen LogP contribution in [0.3, 0.4) is 0 Å². The van der Waals surface area contributed by atoms with Crippen LogP contribution in [0.25, 0.3) is 6.08 Å². The van der Waals surface area contributed by atoms with Crippen LogP contribution in [0.2, 0.25) is 0 Å². The summed E-state index contributed by atoms with van der Waals surface area (Å²) in [4.78, 5) is 10.3. The van der Waals surface area contributed by atoms with Gasteiger partial charge in [0.15, 0.2) is 0 Å². The molecule has 0 bridgehead atoms. The SMILES string of the molecule is CC1(C)CCc2ccc(C=CC=O)cc21. The highest BCUT2D eigenvalue weighted by Crippen LogP contribution is 2.38. The molecular formula is C14H16O. The third kappa shape index (κ3) is 1.87. The summed E-state index contributed by atoms with van der Waals surface area (Å²) in [7, 11) is 0. The molecule has 1 heteroatoms. The molecule has 0 unspecified atom stereocenters. The Morgan fingerprint density at radius 3 is 2.87 bits per heavy atom. The zero-order chi connectivity index (χ0) is 10.9. The van der Waals surface area contributed by atoms with Gasteiger partial charge in [0.25, 0.3) is 0 Å². The zero-order valence-corrected chi connectivity index (χ0v) is 9.29. The van der Waals surface area contributed by atoms with Crippen molar-refractivity contribution < 1.29 is 4.79 Å². The second-order valence-electron chi connectivity index (χ2n) is 4.80. The molecule has 1 aliphatic carbocycles. The van der Waals surface area contributed by atoms with E-state index in [0.29, 0.717) is 5.41 Å². The molecular weight excluding hydrogens is 184 g/mol. The van der Waals surface area contributed by atoms with Gasteiger partial charge in [-0.25, -0.2) is 0 Å². The monoisotopic (exact) mass is 200 g/mol. The Morgan fingerprint density at radius 2 is 2.13 bits per heavy atom. The fraction of sp³-hybridized carbons (Fsp3) is 0.357. The number of hydrogen-bond acceptors (Lipinski definition) is 1. The van der Waals surface area contributed by atoms with Crippen molar-refractivity contribution in [3.05, 3.63) is 41.0 Å². The fourth-order valence-electron chi connectivity index (χ4n) is 2.28. The lowest BCUT2D eigenvalue weighted by Gasteiger charge is -2.19. The second kappa shape index (κ2) is 3.65. The average molecular weight is 200 g/mol. The van der Waals surface area contributed by atoms with Gasteiger partial charge in [0.05, 0.1) is 0 Å². The van der Waals surface area contributed by atoms with Crippen LogP contribution < -0.4 is 0 Å². The van der Waals surface area contributed by atoms with Gasteiger partial charge in [-0.1, -0.05) is 38.1 Å². The van der Waals surface area contributed by atoms with Crippen molar-refractivity contribution in [2.45, 2.75) is 32.1 Å². The van der Waals surface area contributed by atoms with E-state index >= 15 is 0 Å². The number of allylic oxidation sites excluding steroid dienone is 1. The summed E-state index contributed by atoms with van der Waals surface area (Å²) in [5, 5.41) is 0. The number of hydrogen-bond donors (Lipinski definition) is 0. The van der Waals surface area contributed by atoms with E-state index in [-0.39, 0.29) is 0 Å². The Hall–Kier alpha value is -1.37. The minimum Gasteiger partial charge on any atom is -0.299 e. The van der Waals surface area contributed by atoms with Crippen LogP contribution >= 0.6 is 0 Å². The molecule has 1 aliphatic rings. The number of aryl methyl sites for hydroxylation is 1. The van der Waals surface area contributed by atoms with Crippen molar-refractivity contribution in [2.75, 3.05) is 0 Å². The van der Waals surface area contributed by atoms with Crippen molar-refractivity contribution in [2.24, 2.45) is 0 Å². The van der Waals surface area contributed by atoms with Crippen LogP contribution in [0.5, 0.6) is 0 Å². The van der Waals surface area contributed by atoms with Crippen molar-refractivity contribution in [1.29, 1.82) is 0 Å². The summed E-state index contributed by atoms with van der Waals surface area (Å²) >= 11 is 0. The number of carbonyl (C=O) groups excluding carboxylic acids is 1. The molecule has 0 atom stereocenters. The van der Waals surface area contributed by atoms with E-state index in [0.717, 1.165) is 11.8 Å². The normalized spacial score (nSPS) is 18.0. The van der Waals surface area contributed by atoms with E-state index in [9.17, 15) is 4.79 Å². The molecule has 0 saturated carbocycles. The Morgan fingerprint density at radius 1 is 1.33 bits per heavy atom. The maximum absolute atomic E-state index is 10.3. The topological polar surface area (TPSA) is 17.1 Å². The molecule has 2 rings (SSSR count). The van der Waals surface area contributed by atoms with E-state index < -0.39 is 0 Å². The summed E-state index contributed by atoms with van der Waals surface area (Å²) < 4.78 is 0. The predicted molar refractivity (Wildman–Crippen MR) is 62.9 cm³/mol. The number of carbonyl (C=O) groups is 1. The van der Waals surface area contributed by atoms with E-state index in [1.807, 2.05) is 6.08 Å². The Bertz CT molecular complexity index is 413. The second-order valence-corrected chi connectivity index (χ2v) is 4.80. The number of fused-ring (bicyclic) bond motifs is 1. The lowest BCUT2D eigenvalue weighted by atomic mass is 9.86. The first kappa shape index (κ1) is 10.2. The molecule has 1 nitrogen and oxygen atoms in total. The molecule has 0 spiro atoms. The molecule has 0 fully saturated rings. The number of benzene rings is 1. The molecule has 0 aliphatic heterocycles. The van der Waals surface area contributed by atoms with Crippen LogP contribution in [-0.4, -0.2) is 6.29 Å². The van der Waals surface area contributed by atoms with E-state index in [2.05, 4.69) is 32.0 Å². The van der Waals surface area contributed by atoms with Crippen molar-refractivity contribution in [3.8, 4) is 0 Å². The molecule has 1 aromatic carbocycles. The van der Waals surface area contributed by atoms with E-state index in [4.69, 9.17) is 0 Å². The van der Waals surface area contributed by atoms with Crippen LogP contribution in [0.15, 0.2) is 24.3 Å². The predicted octanol–water partition coefficient (Wildman–Crippen LogP) is 3.12. The van der Waals surface area contributed by atoms with Gasteiger partial charge in [-0.05, 0) is 41.0 Å². The van der Waals surface area contributed by atoms with Crippen molar-refractivity contribution in [1.82, 2.24) is 0 Å². The average Bonchev–Trinajstić information content (AvgIpc) is 2.52. The van der Waals surface area contributed by atoms with Gasteiger partial charge >= 0.3 is 0 Å². The molecule has 1 aromatic rings. The maximum atomic E-state index is 10.3. The number of rotatable bonds is 2. The Kier molecular flexibility index (Phi) is 2.47. The van der Waals surface area contributed by atoms with Gasteiger partial charge in [0.1, 0.15) is 6.29 Å². The summed E-state index contributed by atoms with van der Waals surface area (Å²) in [6, 6.07) is 6.48. The zero-order valence-electron chi connectivity index (χ0n) is 9.29. The molecule has 0 amide bonds. The van der Waals surface area contributed by atoms with Crippen LogP contribution in [0.4, 0.5) is 0 Å². The highest BCUT2D eigenvalue weighted by atomic mass is 16.1. The first-order valence-electron chi connectivity index (χ1n) is 5.39. The third-order valence-electron chi connectivity index (χ3n) is 3.25. The lowest BCUT2D eigenvalue weighted by Crippen LogP contribution is -2.11. The standard InChI is InChI=1S/C14H16O/c1-14(2)8-7-12-6-5-11(4-3-9-15)10-13(12)14/h3-6,9-10H,7-8H2,1-2H3. The maximum Gasteiger partial charge on any atom is 0.142 e. The molecule has 15 heavy (non-hydrogen) atoms. The number of aldehydes is 1. The van der Waals surface area contributed by atoms with E-state index in [1.54, 1.807) is 6.08 Å². The quantitative estimate of drug-likeness (QED) is 0.529. The van der Waals surface area contributed by atoms with Crippen molar-refractivity contribution in [3.63, 3.8) is 0 Å². The fourth-order valence-corrected chi connectivity index (χ4v) is 2.28. The van der Waals surface area contributed by atoms with Crippen molar-refractivity contribution >= 4 is 12.4 Å². The summed E-state index contributed by atoms with van der Waals surface area (Å²) in [6.07, 6.45) is 6.63. The van der Waals surface area contributed by atoms with Crippen LogP contribution in [0.1, 0.15) is 37.0 Å². The molecule has 0 N–H and O–H groups in total. The third-order valence-corrected chi connectivity index (χ3v) is 3.25. The minimum absolute atomic E-state index is 0.292. The molecule has 78 valence electrons. The Balaban J connectivity index is 2.41. The Labute approximate surface area is 90.8 Å². The van der Waals surface area contributed by atoms with Gasteiger partial charge in [-0.3, -0.25) is 4.79 Å². The lowest BCUT2D eigenvalue weighted by molar-refractivity contribution is -0.104. The molecule has 0 saturated heterocycles. The van der Waals surface area contributed by atoms with Gasteiger partial charge in [0.2, 0.25) is 0 Å². The van der Waals surface area contributed by atoms with Gasteiger partial charge in [0, 0.05) is 0 Å². The summed E-state index contributed by atoms with van der Waals surface area (Å²) in [5.74, 6) is 0. The van der Waals surface area contributed by atoms with Gasteiger partial charge in [-0.2, -0.15) is 0 Å². The van der Waals surface area contributed by atoms with Crippen LogP contribution in [-0.2, 0) is 16.6 Å². The highest BCUT2D eigenvalue weighted by Gasteiger charge is 2.29. The van der Waals surface area contributed by atoms with Gasteiger partial charge in [-0.15, -0.1) is 0 Å². The summed E-state index contributed by atoms with van der Waals surface area (Å²) in [6.45, 7) is 4.57. The highest BCUT2D eigenvalue weighted by molar-refractivity contribution is 5.74. The summed E-state index contributed by atoms with van der Waals surface area (Å²) in [5.41, 5.74) is 4.31.